The Bertz CT molecular complexity index is 399. The normalized spacial score (nSPS) is 18.2. The number of hydrogen-bond donors (Lipinski definition) is 1. The molecule has 5 heteroatoms. The second-order valence-electron chi connectivity index (χ2n) is 4.63. The Morgan fingerprint density at radius 2 is 2.12 bits per heavy atom. The first kappa shape index (κ1) is 13.6. The Labute approximate surface area is 122 Å². The van der Waals surface area contributed by atoms with Gasteiger partial charge in [0.2, 0.25) is 0 Å². The molecule has 1 aliphatic carbocycles. The molecule has 1 aliphatic rings. The number of carbonyl (C=O) groups is 1. The van der Waals surface area contributed by atoms with Gasteiger partial charge in [-0.15, -0.1) is 11.3 Å². The van der Waals surface area contributed by atoms with E-state index < -0.39 is 0 Å². The largest absolute Gasteiger partial charge is 0.351 e. The Morgan fingerprint density at radius 1 is 1.41 bits per heavy atom. The molecule has 1 aromatic rings. The zero-order valence-electron chi connectivity index (χ0n) is 9.47. The molecule has 0 unspecified atom stereocenters. The molecule has 0 bridgehead atoms. The van der Waals surface area contributed by atoms with Gasteiger partial charge in [-0.25, -0.2) is 0 Å². The summed E-state index contributed by atoms with van der Waals surface area (Å²) in [6, 6.07) is 3.77. The van der Waals surface area contributed by atoms with Gasteiger partial charge >= 0.3 is 0 Å². The molecule has 1 N–H and O–H groups in total. The Balaban J connectivity index is 1.91. The summed E-state index contributed by atoms with van der Waals surface area (Å²) >= 11 is 8.44. The minimum Gasteiger partial charge on any atom is -0.351 e. The first-order valence-electron chi connectivity index (χ1n) is 5.75. The van der Waals surface area contributed by atoms with Crippen molar-refractivity contribution in [1.29, 1.82) is 0 Å². The van der Waals surface area contributed by atoms with Crippen molar-refractivity contribution in [3.8, 4) is 0 Å². The van der Waals surface area contributed by atoms with E-state index in [0.717, 1.165) is 20.5 Å². The third-order valence-electron chi connectivity index (χ3n) is 3.37. The number of hydrogen-bond acceptors (Lipinski definition) is 2. The lowest BCUT2D eigenvalue weighted by Crippen LogP contribution is -2.36. The highest BCUT2D eigenvalue weighted by atomic mass is 79.9. The first-order chi connectivity index (χ1) is 8.15. The van der Waals surface area contributed by atoms with Crippen LogP contribution in [0.25, 0.3) is 0 Å². The van der Waals surface area contributed by atoms with Crippen molar-refractivity contribution < 1.29 is 4.79 Å². The lowest BCUT2D eigenvalue weighted by molar-refractivity contribution is 0.0939. The summed E-state index contributed by atoms with van der Waals surface area (Å²) in [4.78, 5) is 12.7. The zero-order valence-corrected chi connectivity index (χ0v) is 13.5. The maximum atomic E-state index is 11.9. The molecule has 17 heavy (non-hydrogen) atoms. The van der Waals surface area contributed by atoms with E-state index in [2.05, 4.69) is 37.2 Å². The maximum Gasteiger partial charge on any atom is 0.261 e. The molecule has 1 fully saturated rings. The molecule has 0 atom stereocenters. The average molecular weight is 381 g/mol. The smallest absolute Gasteiger partial charge is 0.261 e. The number of rotatable bonds is 4. The lowest BCUT2D eigenvalue weighted by atomic mass is 9.89. The molecule has 1 saturated carbocycles. The molecule has 1 heterocycles. The van der Waals surface area contributed by atoms with Crippen LogP contribution in [0.5, 0.6) is 0 Å². The van der Waals surface area contributed by atoms with Crippen LogP contribution in [0.15, 0.2) is 15.9 Å². The van der Waals surface area contributed by atoms with Crippen molar-refractivity contribution in [1.82, 2.24) is 5.32 Å². The van der Waals surface area contributed by atoms with Crippen LogP contribution < -0.4 is 5.32 Å². The number of amides is 1. The summed E-state index contributed by atoms with van der Waals surface area (Å²) in [5.74, 6) is 0.0490. The monoisotopic (exact) mass is 379 g/mol. The minimum atomic E-state index is 0.0490. The second kappa shape index (κ2) is 5.85. The van der Waals surface area contributed by atoms with Crippen LogP contribution in [0.3, 0.4) is 0 Å². The minimum absolute atomic E-state index is 0.0490. The second-order valence-corrected chi connectivity index (χ2v) is 7.65. The predicted octanol–water partition coefficient (Wildman–Crippen LogP) is 4.20. The maximum absolute atomic E-state index is 11.9. The molecular weight excluding hydrogens is 366 g/mol. The topological polar surface area (TPSA) is 29.1 Å². The first-order valence-corrected chi connectivity index (χ1v) is 8.48. The summed E-state index contributed by atoms with van der Waals surface area (Å²) in [5, 5.41) is 4.05. The fraction of sp³-hybridized carbons (Fsp3) is 0.583. The van der Waals surface area contributed by atoms with Gasteiger partial charge in [-0.2, -0.15) is 0 Å². The molecule has 1 amide bonds. The molecule has 0 aliphatic heterocycles. The van der Waals surface area contributed by atoms with Crippen LogP contribution in [-0.2, 0) is 0 Å². The molecule has 0 spiro atoms. The van der Waals surface area contributed by atoms with E-state index in [0.29, 0.717) is 0 Å². The van der Waals surface area contributed by atoms with E-state index in [9.17, 15) is 4.79 Å². The zero-order chi connectivity index (χ0) is 12.3. The predicted molar refractivity (Wildman–Crippen MR) is 79.0 cm³/mol. The van der Waals surface area contributed by atoms with Gasteiger partial charge in [0, 0.05) is 11.9 Å². The van der Waals surface area contributed by atoms with E-state index in [4.69, 9.17) is 0 Å². The summed E-state index contributed by atoms with van der Waals surface area (Å²) in [7, 11) is 0. The molecule has 0 aromatic carbocycles. The molecule has 2 rings (SSSR count). The van der Waals surface area contributed by atoms with Gasteiger partial charge in [-0.1, -0.05) is 28.8 Å². The van der Waals surface area contributed by atoms with Crippen LogP contribution in [0, 0.1) is 5.41 Å². The van der Waals surface area contributed by atoms with Gasteiger partial charge in [-0.05, 0) is 46.3 Å². The van der Waals surface area contributed by atoms with Crippen molar-refractivity contribution in [2.45, 2.75) is 25.7 Å². The van der Waals surface area contributed by atoms with Crippen molar-refractivity contribution in [3.63, 3.8) is 0 Å². The van der Waals surface area contributed by atoms with Crippen LogP contribution >= 0.6 is 43.2 Å². The van der Waals surface area contributed by atoms with Crippen molar-refractivity contribution in [3.05, 3.63) is 20.8 Å². The average Bonchev–Trinajstić information content (AvgIpc) is 2.95. The van der Waals surface area contributed by atoms with Gasteiger partial charge < -0.3 is 5.32 Å². The highest BCUT2D eigenvalue weighted by Gasteiger charge is 2.33. The number of halogens is 2. The Kier molecular flexibility index (Phi) is 4.66. The standard InChI is InChI=1S/C12H15Br2NOS/c13-7-12(5-1-2-6-12)8-15-11(16)9-3-4-10(14)17-9/h3-4H,1-2,5-8H2,(H,15,16). The fourth-order valence-electron chi connectivity index (χ4n) is 2.27. The van der Waals surface area contributed by atoms with Crippen LogP contribution in [-0.4, -0.2) is 17.8 Å². The van der Waals surface area contributed by atoms with E-state index in [1.807, 2.05) is 12.1 Å². The Morgan fingerprint density at radius 3 is 2.65 bits per heavy atom. The van der Waals surface area contributed by atoms with Crippen molar-refractivity contribution in [2.24, 2.45) is 5.41 Å². The summed E-state index contributed by atoms with van der Waals surface area (Å²) in [6.45, 7) is 0.784. The van der Waals surface area contributed by atoms with Gasteiger partial charge in [0.1, 0.15) is 0 Å². The van der Waals surface area contributed by atoms with E-state index in [1.54, 1.807) is 0 Å². The SMILES string of the molecule is O=C(NCC1(CBr)CCCC1)c1ccc(Br)s1. The molecule has 94 valence electrons. The number of nitrogens with one attached hydrogen (secondary N) is 1. The van der Waals surface area contributed by atoms with E-state index >= 15 is 0 Å². The van der Waals surface area contributed by atoms with Gasteiger partial charge in [0.05, 0.1) is 8.66 Å². The summed E-state index contributed by atoms with van der Waals surface area (Å²) in [6.07, 6.45) is 5.00. The quantitative estimate of drug-likeness (QED) is 0.779. The molecule has 0 radical (unpaired) electrons. The number of carbonyl (C=O) groups excluding carboxylic acids is 1. The van der Waals surface area contributed by atoms with Crippen LogP contribution in [0.4, 0.5) is 0 Å². The lowest BCUT2D eigenvalue weighted by Gasteiger charge is -2.26. The number of alkyl halides is 1. The third-order valence-corrected chi connectivity index (χ3v) is 6.18. The van der Waals surface area contributed by atoms with E-state index in [-0.39, 0.29) is 11.3 Å². The van der Waals surface area contributed by atoms with Crippen LogP contribution in [0.2, 0.25) is 0 Å². The number of thiophene rings is 1. The highest BCUT2D eigenvalue weighted by molar-refractivity contribution is 9.11. The van der Waals surface area contributed by atoms with Crippen molar-refractivity contribution in [2.75, 3.05) is 11.9 Å². The summed E-state index contributed by atoms with van der Waals surface area (Å²) < 4.78 is 0.999. The Hall–Kier alpha value is 0.130. The molecule has 0 saturated heterocycles. The van der Waals surface area contributed by atoms with E-state index in [1.165, 1.54) is 37.0 Å². The third kappa shape index (κ3) is 3.32. The fourth-order valence-corrected chi connectivity index (χ4v) is 4.34. The van der Waals surface area contributed by atoms with Gasteiger partial charge in [0.15, 0.2) is 0 Å². The van der Waals surface area contributed by atoms with Crippen LogP contribution in [0.1, 0.15) is 35.4 Å². The van der Waals surface area contributed by atoms with Crippen molar-refractivity contribution >= 4 is 49.1 Å². The van der Waals surface area contributed by atoms with Gasteiger partial charge in [-0.3, -0.25) is 4.79 Å². The summed E-state index contributed by atoms with van der Waals surface area (Å²) in [5.41, 5.74) is 0.282. The molecule has 1 aromatic heterocycles. The highest BCUT2D eigenvalue weighted by Crippen LogP contribution is 2.39. The van der Waals surface area contributed by atoms with Gasteiger partial charge in [0.25, 0.3) is 5.91 Å². The molecule has 2 nitrogen and oxygen atoms in total. The molecular formula is C12H15Br2NOS.